The van der Waals surface area contributed by atoms with Crippen molar-refractivity contribution in [2.75, 3.05) is 0 Å². The molecule has 0 aliphatic heterocycles. The van der Waals surface area contributed by atoms with E-state index in [1.165, 1.54) is 11.1 Å². The van der Waals surface area contributed by atoms with Gasteiger partial charge in [0, 0.05) is 24.2 Å². The lowest BCUT2D eigenvalue weighted by atomic mass is 9.82. The second-order valence-corrected chi connectivity index (χ2v) is 6.39. The number of nitrogens with zero attached hydrogens (tertiary/aromatic N) is 3. The van der Waals surface area contributed by atoms with Gasteiger partial charge in [-0.05, 0) is 24.0 Å². The van der Waals surface area contributed by atoms with E-state index in [0.29, 0.717) is 0 Å². The molecule has 4 rings (SSSR count). The molecule has 0 atom stereocenters. The minimum Gasteiger partial charge on any atom is -0.297 e. The number of hydrogen-bond acceptors (Lipinski definition) is 3. The van der Waals surface area contributed by atoms with E-state index in [2.05, 4.69) is 35.3 Å². The van der Waals surface area contributed by atoms with Crippen LogP contribution in [0, 0.1) is 16.7 Å². The summed E-state index contributed by atoms with van der Waals surface area (Å²) in [6, 6.07) is 11.0. The van der Waals surface area contributed by atoms with Gasteiger partial charge in [0.05, 0.1) is 17.2 Å². The average Bonchev–Trinajstić information content (AvgIpc) is 3.10. The molecule has 4 heteroatoms. The summed E-state index contributed by atoms with van der Waals surface area (Å²) in [6.07, 6.45) is 6.47. The normalized spacial score (nSPS) is 16.1. The van der Waals surface area contributed by atoms with Crippen LogP contribution in [0.4, 0.5) is 0 Å². The minimum absolute atomic E-state index is 0.326. The van der Waals surface area contributed by atoms with E-state index in [0.717, 1.165) is 29.9 Å². The Labute approximate surface area is 121 Å². The maximum absolute atomic E-state index is 9.69. The number of nitriles is 1. The van der Waals surface area contributed by atoms with Crippen LogP contribution in [0.15, 0.2) is 42.0 Å². The number of imidazole rings is 1. The highest BCUT2D eigenvalue weighted by atomic mass is 32.1. The summed E-state index contributed by atoms with van der Waals surface area (Å²) in [4.78, 5) is 5.63. The van der Waals surface area contributed by atoms with Crippen LogP contribution in [0.2, 0.25) is 0 Å². The molecular formula is C16H13N3S. The first-order chi connectivity index (χ1) is 9.78. The molecule has 0 radical (unpaired) electrons. The summed E-state index contributed by atoms with van der Waals surface area (Å²) >= 11 is 1.63. The summed E-state index contributed by atoms with van der Waals surface area (Å²) in [6.45, 7) is 0. The zero-order valence-electron chi connectivity index (χ0n) is 10.9. The van der Waals surface area contributed by atoms with Crippen molar-refractivity contribution in [2.45, 2.75) is 19.3 Å². The molecule has 0 amide bonds. The molecule has 3 nitrogen and oxygen atoms in total. The Hall–Kier alpha value is -2.12. The lowest BCUT2D eigenvalue weighted by Crippen LogP contribution is -2.22. The highest BCUT2D eigenvalue weighted by molar-refractivity contribution is 7.15. The smallest absolute Gasteiger partial charge is 0.193 e. The molecule has 1 aliphatic rings. The molecule has 0 fully saturated rings. The first-order valence-corrected chi connectivity index (χ1v) is 7.55. The van der Waals surface area contributed by atoms with Crippen molar-refractivity contribution in [3.05, 3.63) is 58.9 Å². The van der Waals surface area contributed by atoms with E-state index in [1.807, 2.05) is 22.2 Å². The molecule has 2 heterocycles. The molecule has 0 saturated heterocycles. The summed E-state index contributed by atoms with van der Waals surface area (Å²) in [5.74, 6) is 0. The fourth-order valence-electron chi connectivity index (χ4n) is 3.15. The highest BCUT2D eigenvalue weighted by Crippen LogP contribution is 2.39. The molecule has 0 saturated carbocycles. The molecule has 2 aromatic heterocycles. The van der Waals surface area contributed by atoms with Crippen molar-refractivity contribution in [2.24, 2.45) is 5.41 Å². The van der Waals surface area contributed by atoms with Crippen LogP contribution in [0.3, 0.4) is 0 Å². The fourth-order valence-corrected chi connectivity index (χ4v) is 3.86. The van der Waals surface area contributed by atoms with E-state index in [-0.39, 0.29) is 5.41 Å². The third-order valence-electron chi connectivity index (χ3n) is 4.08. The van der Waals surface area contributed by atoms with Crippen LogP contribution in [0.1, 0.15) is 16.8 Å². The summed E-state index contributed by atoms with van der Waals surface area (Å²) in [7, 11) is 0. The predicted molar refractivity (Wildman–Crippen MR) is 78.7 cm³/mol. The molecule has 1 aromatic carbocycles. The maximum atomic E-state index is 9.69. The standard InChI is InChI=1S/C16H13N3S/c17-11-16(7-12-3-1-2-4-13(12)8-16)9-14-10-19-5-6-20-15(19)18-14/h1-6,10H,7-9H2. The highest BCUT2D eigenvalue weighted by Gasteiger charge is 2.38. The van der Waals surface area contributed by atoms with Gasteiger partial charge in [-0.2, -0.15) is 5.26 Å². The zero-order chi connectivity index (χ0) is 13.6. The number of hydrogen-bond donors (Lipinski definition) is 0. The second kappa shape index (κ2) is 4.19. The molecular weight excluding hydrogens is 266 g/mol. The Kier molecular flexibility index (Phi) is 2.45. The molecule has 3 aromatic rings. The van der Waals surface area contributed by atoms with Gasteiger partial charge in [0.1, 0.15) is 0 Å². The minimum atomic E-state index is -0.326. The first-order valence-electron chi connectivity index (χ1n) is 6.67. The van der Waals surface area contributed by atoms with Gasteiger partial charge in [0.15, 0.2) is 4.96 Å². The van der Waals surface area contributed by atoms with Gasteiger partial charge in [0.2, 0.25) is 0 Å². The Morgan fingerprint density at radius 1 is 1.30 bits per heavy atom. The van der Waals surface area contributed by atoms with Gasteiger partial charge < -0.3 is 0 Å². The average molecular weight is 279 g/mol. The lowest BCUT2D eigenvalue weighted by molar-refractivity contribution is 0.414. The fraction of sp³-hybridized carbons (Fsp3) is 0.250. The zero-order valence-corrected chi connectivity index (χ0v) is 11.7. The number of rotatable bonds is 2. The van der Waals surface area contributed by atoms with Gasteiger partial charge >= 0.3 is 0 Å². The lowest BCUT2D eigenvalue weighted by Gasteiger charge is -2.18. The van der Waals surface area contributed by atoms with E-state index in [4.69, 9.17) is 0 Å². The largest absolute Gasteiger partial charge is 0.297 e. The summed E-state index contributed by atoms with van der Waals surface area (Å²) in [5.41, 5.74) is 3.32. The third kappa shape index (κ3) is 1.75. The SMILES string of the molecule is N#CC1(Cc2cn3ccsc3n2)Cc2ccccc2C1. The van der Waals surface area contributed by atoms with Crippen molar-refractivity contribution in [1.29, 1.82) is 5.26 Å². The van der Waals surface area contributed by atoms with Crippen molar-refractivity contribution in [1.82, 2.24) is 9.38 Å². The quantitative estimate of drug-likeness (QED) is 0.722. The topological polar surface area (TPSA) is 41.1 Å². The Balaban J connectivity index is 1.67. The van der Waals surface area contributed by atoms with E-state index in [9.17, 15) is 5.26 Å². The number of benzene rings is 1. The van der Waals surface area contributed by atoms with Crippen molar-refractivity contribution in [3.63, 3.8) is 0 Å². The van der Waals surface area contributed by atoms with Gasteiger partial charge in [-0.15, -0.1) is 11.3 Å². The van der Waals surface area contributed by atoms with Crippen LogP contribution < -0.4 is 0 Å². The molecule has 1 aliphatic carbocycles. The van der Waals surface area contributed by atoms with E-state index in [1.54, 1.807) is 11.3 Å². The van der Waals surface area contributed by atoms with Crippen molar-refractivity contribution >= 4 is 16.3 Å². The number of fused-ring (bicyclic) bond motifs is 2. The van der Waals surface area contributed by atoms with Crippen LogP contribution in [0.5, 0.6) is 0 Å². The van der Waals surface area contributed by atoms with Crippen LogP contribution >= 0.6 is 11.3 Å². The van der Waals surface area contributed by atoms with Crippen molar-refractivity contribution < 1.29 is 0 Å². The molecule has 0 unspecified atom stereocenters. The van der Waals surface area contributed by atoms with Gasteiger partial charge in [-0.25, -0.2) is 4.98 Å². The van der Waals surface area contributed by atoms with Crippen LogP contribution in [-0.2, 0) is 19.3 Å². The summed E-state index contributed by atoms with van der Waals surface area (Å²) < 4.78 is 2.03. The second-order valence-electron chi connectivity index (χ2n) is 5.52. The number of aromatic nitrogens is 2. The first kappa shape index (κ1) is 11.7. The summed E-state index contributed by atoms with van der Waals surface area (Å²) in [5, 5.41) is 11.7. The van der Waals surface area contributed by atoms with E-state index >= 15 is 0 Å². The van der Waals surface area contributed by atoms with Crippen LogP contribution in [0.25, 0.3) is 4.96 Å². The van der Waals surface area contributed by atoms with Gasteiger partial charge in [0.25, 0.3) is 0 Å². The number of thiazole rings is 1. The molecule has 0 bridgehead atoms. The predicted octanol–water partition coefficient (Wildman–Crippen LogP) is 3.25. The van der Waals surface area contributed by atoms with Gasteiger partial charge in [-0.1, -0.05) is 24.3 Å². The molecule has 0 spiro atoms. The van der Waals surface area contributed by atoms with Crippen molar-refractivity contribution in [3.8, 4) is 6.07 Å². The third-order valence-corrected chi connectivity index (χ3v) is 4.85. The molecule has 20 heavy (non-hydrogen) atoms. The monoisotopic (exact) mass is 279 g/mol. The van der Waals surface area contributed by atoms with E-state index < -0.39 is 0 Å². The molecule has 0 N–H and O–H groups in total. The van der Waals surface area contributed by atoms with Crippen LogP contribution in [-0.4, -0.2) is 9.38 Å². The Morgan fingerprint density at radius 2 is 2.05 bits per heavy atom. The maximum Gasteiger partial charge on any atom is 0.193 e. The Bertz CT molecular complexity index is 768. The van der Waals surface area contributed by atoms with Gasteiger partial charge in [-0.3, -0.25) is 4.40 Å². The Morgan fingerprint density at radius 3 is 2.70 bits per heavy atom. The molecule has 98 valence electrons.